The predicted octanol–water partition coefficient (Wildman–Crippen LogP) is 2.12. The molecule has 0 bridgehead atoms. The van der Waals surface area contributed by atoms with Gasteiger partial charge in [0.15, 0.2) is 0 Å². The zero-order valence-corrected chi connectivity index (χ0v) is 8.45. The van der Waals surface area contributed by atoms with E-state index in [9.17, 15) is 4.79 Å². The highest BCUT2D eigenvalue weighted by Gasteiger charge is 2.58. The average Bonchev–Trinajstić information content (AvgIpc) is 2.67. The number of carbonyl (C=O) groups is 1. The SMILES string of the molecule is CCOC(=O)[C@@H]1C[C@@]1(C)c1ccco1. The van der Waals surface area contributed by atoms with E-state index in [0.717, 1.165) is 12.2 Å². The minimum atomic E-state index is -0.129. The van der Waals surface area contributed by atoms with Crippen LogP contribution < -0.4 is 0 Å². The van der Waals surface area contributed by atoms with Crippen LogP contribution in [-0.2, 0) is 14.9 Å². The van der Waals surface area contributed by atoms with Gasteiger partial charge in [-0.1, -0.05) is 6.92 Å². The Morgan fingerprint density at radius 3 is 3.14 bits per heavy atom. The highest BCUT2D eigenvalue weighted by molar-refractivity contribution is 5.78. The third kappa shape index (κ3) is 1.33. The van der Waals surface area contributed by atoms with Crippen LogP contribution in [0.5, 0.6) is 0 Å². The zero-order valence-electron chi connectivity index (χ0n) is 8.45. The summed E-state index contributed by atoms with van der Waals surface area (Å²) < 4.78 is 10.3. The molecule has 0 saturated heterocycles. The van der Waals surface area contributed by atoms with Crippen molar-refractivity contribution in [2.75, 3.05) is 6.61 Å². The second-order valence-corrected chi connectivity index (χ2v) is 3.90. The van der Waals surface area contributed by atoms with Crippen LogP contribution in [0, 0.1) is 5.92 Å². The van der Waals surface area contributed by atoms with Gasteiger partial charge in [-0.05, 0) is 25.5 Å². The van der Waals surface area contributed by atoms with Crippen molar-refractivity contribution in [1.82, 2.24) is 0 Å². The van der Waals surface area contributed by atoms with Gasteiger partial charge in [-0.15, -0.1) is 0 Å². The highest BCUT2D eigenvalue weighted by atomic mass is 16.5. The van der Waals surface area contributed by atoms with Gasteiger partial charge in [0, 0.05) is 5.41 Å². The molecule has 0 aromatic carbocycles. The summed E-state index contributed by atoms with van der Waals surface area (Å²) in [5.74, 6) is 0.760. The van der Waals surface area contributed by atoms with E-state index in [1.165, 1.54) is 0 Å². The molecule has 2 atom stereocenters. The van der Waals surface area contributed by atoms with E-state index in [2.05, 4.69) is 0 Å². The topological polar surface area (TPSA) is 39.4 Å². The molecule has 76 valence electrons. The quantitative estimate of drug-likeness (QED) is 0.692. The van der Waals surface area contributed by atoms with E-state index in [0.29, 0.717) is 6.61 Å². The second-order valence-electron chi connectivity index (χ2n) is 3.90. The van der Waals surface area contributed by atoms with Crippen molar-refractivity contribution in [3.05, 3.63) is 24.2 Å². The van der Waals surface area contributed by atoms with Gasteiger partial charge in [0.1, 0.15) is 5.76 Å². The summed E-state index contributed by atoms with van der Waals surface area (Å²) in [5, 5.41) is 0. The van der Waals surface area contributed by atoms with Crippen molar-refractivity contribution in [1.29, 1.82) is 0 Å². The van der Waals surface area contributed by atoms with Gasteiger partial charge in [0.25, 0.3) is 0 Å². The van der Waals surface area contributed by atoms with Crippen LogP contribution in [0.4, 0.5) is 0 Å². The molecule has 1 aliphatic rings. The fourth-order valence-electron chi connectivity index (χ4n) is 1.83. The summed E-state index contributed by atoms with van der Waals surface area (Å²) >= 11 is 0. The molecule has 1 heterocycles. The van der Waals surface area contributed by atoms with E-state index < -0.39 is 0 Å². The van der Waals surface area contributed by atoms with Crippen LogP contribution in [-0.4, -0.2) is 12.6 Å². The number of rotatable bonds is 3. The number of hydrogen-bond donors (Lipinski definition) is 0. The Labute approximate surface area is 83.0 Å². The average molecular weight is 194 g/mol. The minimum Gasteiger partial charge on any atom is -0.469 e. The Bertz CT molecular complexity index is 328. The van der Waals surface area contributed by atoms with Gasteiger partial charge in [-0.25, -0.2) is 0 Å². The summed E-state index contributed by atoms with van der Waals surface area (Å²) in [4.78, 5) is 11.5. The number of carbonyl (C=O) groups excluding carboxylic acids is 1. The normalized spacial score (nSPS) is 30.0. The summed E-state index contributed by atoms with van der Waals surface area (Å²) in [5.41, 5.74) is -0.129. The number of furan rings is 1. The van der Waals surface area contributed by atoms with E-state index in [-0.39, 0.29) is 17.3 Å². The van der Waals surface area contributed by atoms with Crippen molar-refractivity contribution in [3.63, 3.8) is 0 Å². The lowest BCUT2D eigenvalue weighted by Crippen LogP contribution is -2.13. The molecule has 0 spiro atoms. The Kier molecular flexibility index (Phi) is 2.10. The molecular weight excluding hydrogens is 180 g/mol. The van der Waals surface area contributed by atoms with Crippen LogP contribution in [0.15, 0.2) is 22.8 Å². The molecule has 0 unspecified atom stereocenters. The lowest BCUT2D eigenvalue weighted by atomic mass is 10.0. The highest BCUT2D eigenvalue weighted by Crippen LogP contribution is 2.54. The minimum absolute atomic E-state index is 0.0198. The molecule has 0 amide bonds. The van der Waals surface area contributed by atoms with Crippen LogP contribution in [0.2, 0.25) is 0 Å². The van der Waals surface area contributed by atoms with E-state index in [1.54, 1.807) is 6.26 Å². The largest absolute Gasteiger partial charge is 0.469 e. The first-order valence-electron chi connectivity index (χ1n) is 4.89. The van der Waals surface area contributed by atoms with E-state index >= 15 is 0 Å². The lowest BCUT2D eigenvalue weighted by molar-refractivity contribution is -0.145. The fourth-order valence-corrected chi connectivity index (χ4v) is 1.83. The second kappa shape index (κ2) is 3.15. The molecule has 0 aliphatic heterocycles. The zero-order chi connectivity index (χ0) is 10.2. The summed E-state index contributed by atoms with van der Waals surface area (Å²) in [6.07, 6.45) is 2.47. The summed E-state index contributed by atoms with van der Waals surface area (Å²) in [6.45, 7) is 4.31. The Morgan fingerprint density at radius 2 is 2.57 bits per heavy atom. The van der Waals surface area contributed by atoms with Crippen molar-refractivity contribution in [3.8, 4) is 0 Å². The van der Waals surface area contributed by atoms with E-state index in [1.807, 2.05) is 26.0 Å². The Morgan fingerprint density at radius 1 is 1.79 bits per heavy atom. The maximum atomic E-state index is 11.5. The molecular formula is C11H14O3. The Balaban J connectivity index is 2.06. The Hall–Kier alpha value is -1.25. The maximum absolute atomic E-state index is 11.5. The standard InChI is InChI=1S/C11H14O3/c1-3-13-10(12)8-7-11(8,2)9-5-4-6-14-9/h4-6,8H,3,7H2,1-2H3/t8-,11+/m0/s1. The van der Waals surface area contributed by atoms with Gasteiger partial charge in [0.2, 0.25) is 0 Å². The number of ether oxygens (including phenoxy) is 1. The van der Waals surface area contributed by atoms with Gasteiger partial charge in [-0.2, -0.15) is 0 Å². The van der Waals surface area contributed by atoms with Gasteiger partial charge in [0.05, 0.1) is 18.8 Å². The molecule has 3 heteroatoms. The van der Waals surface area contributed by atoms with Crippen LogP contribution in [0.25, 0.3) is 0 Å². The van der Waals surface area contributed by atoms with Gasteiger partial charge in [-0.3, -0.25) is 4.79 Å². The fraction of sp³-hybridized carbons (Fsp3) is 0.545. The van der Waals surface area contributed by atoms with E-state index in [4.69, 9.17) is 9.15 Å². The van der Waals surface area contributed by atoms with Crippen molar-refractivity contribution in [2.24, 2.45) is 5.92 Å². The van der Waals surface area contributed by atoms with Crippen molar-refractivity contribution < 1.29 is 13.9 Å². The summed E-state index contributed by atoms with van der Waals surface area (Å²) in [6, 6.07) is 3.76. The van der Waals surface area contributed by atoms with Crippen LogP contribution >= 0.6 is 0 Å². The molecule has 3 nitrogen and oxygen atoms in total. The van der Waals surface area contributed by atoms with Gasteiger partial charge >= 0.3 is 5.97 Å². The summed E-state index contributed by atoms with van der Waals surface area (Å²) in [7, 11) is 0. The van der Waals surface area contributed by atoms with Crippen molar-refractivity contribution >= 4 is 5.97 Å². The van der Waals surface area contributed by atoms with Gasteiger partial charge < -0.3 is 9.15 Å². The molecule has 1 aromatic rings. The molecule has 0 radical (unpaired) electrons. The van der Waals surface area contributed by atoms with Crippen LogP contribution in [0.1, 0.15) is 26.0 Å². The first kappa shape index (κ1) is 9.31. The molecule has 1 aliphatic carbocycles. The third-order valence-electron chi connectivity index (χ3n) is 2.89. The first-order chi connectivity index (χ1) is 6.68. The monoisotopic (exact) mass is 194 g/mol. The molecule has 14 heavy (non-hydrogen) atoms. The van der Waals surface area contributed by atoms with Crippen LogP contribution in [0.3, 0.4) is 0 Å². The first-order valence-corrected chi connectivity index (χ1v) is 4.89. The molecule has 1 aromatic heterocycles. The maximum Gasteiger partial charge on any atom is 0.309 e. The molecule has 0 N–H and O–H groups in total. The molecule has 1 fully saturated rings. The molecule has 2 rings (SSSR count). The van der Waals surface area contributed by atoms with Crippen molar-refractivity contribution in [2.45, 2.75) is 25.7 Å². The lowest BCUT2D eigenvalue weighted by Gasteiger charge is -2.06. The number of hydrogen-bond acceptors (Lipinski definition) is 3. The molecule has 1 saturated carbocycles. The smallest absolute Gasteiger partial charge is 0.309 e. The third-order valence-corrected chi connectivity index (χ3v) is 2.89. The number of esters is 1. The predicted molar refractivity (Wildman–Crippen MR) is 50.8 cm³/mol.